The van der Waals surface area contributed by atoms with Crippen molar-refractivity contribution in [2.24, 2.45) is 5.92 Å². The number of nitrogens with one attached hydrogen (secondary N) is 1. The lowest BCUT2D eigenvalue weighted by Gasteiger charge is -2.74. The van der Waals surface area contributed by atoms with Crippen LogP contribution in [0.25, 0.3) is 5.69 Å². The van der Waals surface area contributed by atoms with Crippen LogP contribution >= 0.6 is 0 Å². The number of amides is 1. The van der Waals surface area contributed by atoms with Gasteiger partial charge in [-0.2, -0.15) is 4.98 Å². The van der Waals surface area contributed by atoms with E-state index >= 15 is 0 Å². The Kier molecular flexibility index (Phi) is 6.62. The molecule has 0 atom stereocenters. The highest BCUT2D eigenvalue weighted by Gasteiger charge is 2.63. The lowest BCUT2D eigenvalue weighted by atomic mass is 9.26. The van der Waals surface area contributed by atoms with Gasteiger partial charge in [-0.05, 0) is 77.0 Å². The molecule has 1 saturated carbocycles. The minimum atomic E-state index is -0.682. The van der Waals surface area contributed by atoms with Crippen LogP contribution in [0, 0.1) is 24.5 Å². The Morgan fingerprint density at radius 2 is 1.43 bits per heavy atom. The summed E-state index contributed by atoms with van der Waals surface area (Å²) in [6.45, 7) is 2.04. The standard InChI is InChI=1S/C23H32B8F2N6O/c1-11-4-15(35-19-34-10-37(36-19)16-7-13(32)6-14(33)8-16)9-17(5-11)38-20(24,25)22(28,29)39(18(40)12-2-3-12)23(30,31)21(38,26)27/h4-10,12H,2-3,24-31H2,1H3,(H,35,36). The molecule has 0 bridgehead atoms. The van der Waals surface area contributed by atoms with E-state index < -0.39 is 33.0 Å². The van der Waals surface area contributed by atoms with Gasteiger partial charge in [-0.15, -0.1) is 5.10 Å². The molecule has 0 unspecified atom stereocenters. The summed E-state index contributed by atoms with van der Waals surface area (Å²) in [5.74, 6) is -0.679. The summed E-state index contributed by atoms with van der Waals surface area (Å²) in [7, 11) is 17.6. The van der Waals surface area contributed by atoms with Gasteiger partial charge in [-0.3, -0.25) is 4.79 Å². The van der Waals surface area contributed by atoms with Gasteiger partial charge in [0.05, 0.1) is 5.69 Å². The Balaban J connectivity index is 1.52. The largest absolute Gasteiger partial charge is 0.390 e. The fourth-order valence-electron chi connectivity index (χ4n) is 6.41. The molecule has 1 amide bonds. The second-order valence-corrected chi connectivity index (χ2v) is 13.3. The van der Waals surface area contributed by atoms with Gasteiger partial charge in [0.25, 0.3) is 0 Å². The fraction of sp³-hybridized carbons (Fsp3) is 0.348. The van der Waals surface area contributed by atoms with Crippen molar-refractivity contribution >= 4 is 86.0 Å². The first-order chi connectivity index (χ1) is 18.5. The number of anilines is 3. The van der Waals surface area contributed by atoms with E-state index in [1.807, 2.05) is 13.0 Å². The molecule has 2 heterocycles. The summed E-state index contributed by atoms with van der Waals surface area (Å²) in [6, 6.07) is 9.47. The van der Waals surface area contributed by atoms with E-state index in [1.165, 1.54) is 23.1 Å². The maximum atomic E-state index is 13.7. The van der Waals surface area contributed by atoms with Crippen molar-refractivity contribution in [2.75, 3.05) is 10.2 Å². The minimum Gasteiger partial charge on any atom is -0.390 e. The molecule has 7 nitrogen and oxygen atoms in total. The smallest absolute Gasteiger partial charge is 0.246 e. The highest BCUT2D eigenvalue weighted by atomic mass is 19.1. The fourth-order valence-corrected chi connectivity index (χ4v) is 6.41. The molecular weight excluding hydrogens is 501 g/mol. The summed E-state index contributed by atoms with van der Waals surface area (Å²) in [5, 5.41) is 5.86. The van der Waals surface area contributed by atoms with E-state index in [1.54, 1.807) is 0 Å². The van der Waals surface area contributed by atoms with Gasteiger partial charge >= 0.3 is 0 Å². The van der Waals surface area contributed by atoms with E-state index in [9.17, 15) is 13.6 Å². The topological polar surface area (TPSA) is 66.3 Å². The molecule has 1 aliphatic heterocycles. The Morgan fingerprint density at radius 3 is 1.98 bits per heavy atom. The average Bonchev–Trinajstić information content (AvgIpc) is 3.55. The maximum Gasteiger partial charge on any atom is 0.246 e. The van der Waals surface area contributed by atoms with E-state index in [0.717, 1.165) is 35.8 Å². The highest BCUT2D eigenvalue weighted by molar-refractivity contribution is 6.63. The number of nitrogens with zero attached hydrogens (tertiary/aromatic N) is 5. The lowest BCUT2D eigenvalue weighted by Crippen LogP contribution is -2.93. The van der Waals surface area contributed by atoms with E-state index in [4.69, 9.17) is 0 Å². The van der Waals surface area contributed by atoms with Crippen molar-refractivity contribution in [3.05, 3.63) is 59.9 Å². The second kappa shape index (κ2) is 9.28. The number of hydrogen-bond donors (Lipinski definition) is 1. The first kappa shape index (κ1) is 28.6. The molecule has 1 aromatic heterocycles. The van der Waals surface area contributed by atoms with Gasteiger partial charge in [0.2, 0.25) is 11.9 Å². The summed E-state index contributed by atoms with van der Waals surface area (Å²) in [6.07, 6.45) is 3.36. The van der Waals surface area contributed by atoms with Gasteiger partial charge in [0, 0.05) is 23.4 Å². The minimum absolute atomic E-state index is 0.127. The zero-order valence-corrected chi connectivity index (χ0v) is 24.9. The van der Waals surface area contributed by atoms with Crippen molar-refractivity contribution in [1.29, 1.82) is 0 Å². The van der Waals surface area contributed by atoms with Crippen molar-refractivity contribution in [3.63, 3.8) is 0 Å². The van der Waals surface area contributed by atoms with Gasteiger partial charge in [0.1, 0.15) is 80.7 Å². The number of rotatable bonds is 5. The van der Waals surface area contributed by atoms with Crippen LogP contribution in [-0.4, -0.2) is 110 Å². The maximum absolute atomic E-state index is 13.7. The molecule has 1 aliphatic carbocycles. The number of aryl methyl sites for hydroxylation is 1. The summed E-state index contributed by atoms with van der Waals surface area (Å²) in [4.78, 5) is 22.6. The molecule has 2 aromatic carbocycles. The third kappa shape index (κ3) is 4.49. The number of piperazine rings is 1. The molecule has 0 radical (unpaired) electrons. The van der Waals surface area contributed by atoms with Crippen LogP contribution in [0.3, 0.4) is 0 Å². The van der Waals surface area contributed by atoms with Gasteiger partial charge in [-0.1, -0.05) is 0 Å². The number of benzene rings is 2. The van der Waals surface area contributed by atoms with Crippen LogP contribution in [0.4, 0.5) is 26.1 Å². The first-order valence-corrected chi connectivity index (χ1v) is 13.9. The predicted molar refractivity (Wildman–Crippen MR) is 177 cm³/mol. The van der Waals surface area contributed by atoms with Gasteiger partial charge in [-0.25, -0.2) is 13.5 Å². The third-order valence-corrected chi connectivity index (χ3v) is 9.56. The van der Waals surface area contributed by atoms with E-state index in [2.05, 4.69) is 100 Å². The highest BCUT2D eigenvalue weighted by Crippen LogP contribution is 2.48. The Labute approximate surface area is 241 Å². The normalized spacial score (nSPS) is 20.7. The van der Waals surface area contributed by atoms with Crippen LogP contribution in [0.1, 0.15) is 18.4 Å². The Bertz CT molecular complexity index is 1450. The van der Waals surface area contributed by atoms with Crippen molar-refractivity contribution < 1.29 is 13.6 Å². The average molecular weight is 533 g/mol. The van der Waals surface area contributed by atoms with Gasteiger partial charge in [0.15, 0.2) is 0 Å². The SMILES string of the molecule is BC1(B)N(C(=O)C2CC2)C(B)(B)C(B)(B)N(c2cc(C)cc(Nc3ncn(-c4cc(F)cc(F)c4)n3)c2)C1(B)B. The molecule has 5 rings (SSSR count). The molecule has 2 fully saturated rings. The van der Waals surface area contributed by atoms with Crippen LogP contribution in [-0.2, 0) is 4.79 Å². The predicted octanol–water partition coefficient (Wildman–Crippen LogP) is -4.66. The molecular formula is C23H32B8F2N6O. The summed E-state index contributed by atoms with van der Waals surface area (Å²) in [5.41, 5.74) is 3.10. The number of hydrogen-bond acceptors (Lipinski definition) is 5. The molecule has 2 aliphatic rings. The first-order valence-electron chi connectivity index (χ1n) is 13.9. The van der Waals surface area contributed by atoms with Crippen LogP contribution < -0.4 is 10.2 Å². The molecule has 40 heavy (non-hydrogen) atoms. The lowest BCUT2D eigenvalue weighted by molar-refractivity contribution is -0.138. The van der Waals surface area contributed by atoms with Crippen LogP contribution in [0.5, 0.6) is 0 Å². The molecule has 1 saturated heterocycles. The zero-order chi connectivity index (χ0) is 29.4. The van der Waals surface area contributed by atoms with Crippen LogP contribution in [0.2, 0.25) is 0 Å². The molecule has 0 spiro atoms. The quantitative estimate of drug-likeness (QED) is 0.335. The number of carbonyl (C=O) groups is 1. The molecule has 17 heteroatoms. The second-order valence-electron chi connectivity index (χ2n) is 13.3. The number of aromatic nitrogens is 3. The van der Waals surface area contributed by atoms with Crippen molar-refractivity contribution in [3.8, 4) is 5.69 Å². The molecule has 198 valence electrons. The van der Waals surface area contributed by atoms with Crippen molar-refractivity contribution in [2.45, 2.75) is 41.1 Å². The van der Waals surface area contributed by atoms with Crippen molar-refractivity contribution in [1.82, 2.24) is 19.7 Å². The summed E-state index contributed by atoms with van der Waals surface area (Å²) < 4.78 is 28.8. The summed E-state index contributed by atoms with van der Waals surface area (Å²) >= 11 is 0. The zero-order valence-electron chi connectivity index (χ0n) is 24.9. The number of halogens is 2. The molecule has 1 N–H and O–H groups in total. The Morgan fingerprint density at radius 1 is 0.850 bits per heavy atom. The number of carbonyl (C=O) groups excluding carboxylic acids is 1. The Hall–Kier alpha value is -2.97. The third-order valence-electron chi connectivity index (χ3n) is 9.56. The van der Waals surface area contributed by atoms with E-state index in [-0.39, 0.29) is 17.5 Å². The molecule has 3 aromatic rings. The monoisotopic (exact) mass is 534 g/mol. The van der Waals surface area contributed by atoms with E-state index in [0.29, 0.717) is 5.95 Å². The van der Waals surface area contributed by atoms with Crippen LogP contribution in [0.15, 0.2) is 42.7 Å². The van der Waals surface area contributed by atoms with Gasteiger partial charge < -0.3 is 15.1 Å².